The van der Waals surface area contributed by atoms with Gasteiger partial charge in [0.2, 0.25) is 11.9 Å². The number of nitrogens with zero attached hydrogens (tertiary/aromatic N) is 5. The van der Waals surface area contributed by atoms with Crippen LogP contribution in [0.3, 0.4) is 0 Å². The number of amides is 2. The highest BCUT2D eigenvalue weighted by atomic mass is 16.1. The molecule has 28 heavy (non-hydrogen) atoms. The van der Waals surface area contributed by atoms with Crippen LogP contribution in [0, 0.1) is 0 Å². The zero-order chi connectivity index (χ0) is 20.3. The summed E-state index contributed by atoms with van der Waals surface area (Å²) in [5, 5.41) is 9.90. The lowest BCUT2D eigenvalue weighted by molar-refractivity contribution is -0.114. The third-order valence-electron chi connectivity index (χ3n) is 3.87. The molecule has 0 aliphatic rings. The van der Waals surface area contributed by atoms with Gasteiger partial charge in [-0.2, -0.15) is 10.1 Å². The van der Waals surface area contributed by atoms with E-state index in [9.17, 15) is 9.59 Å². The predicted octanol–water partition coefficient (Wildman–Crippen LogP) is 1.78. The van der Waals surface area contributed by atoms with E-state index in [0.717, 1.165) is 5.69 Å². The van der Waals surface area contributed by atoms with Gasteiger partial charge in [0.05, 0.1) is 11.9 Å². The Balaban J connectivity index is 1.93. The predicted molar refractivity (Wildman–Crippen MR) is 106 cm³/mol. The van der Waals surface area contributed by atoms with Crippen molar-refractivity contribution in [3.05, 3.63) is 48.4 Å². The van der Waals surface area contributed by atoms with Gasteiger partial charge in [-0.15, -0.1) is 0 Å². The molecule has 0 radical (unpaired) electrons. The summed E-state index contributed by atoms with van der Waals surface area (Å²) < 4.78 is 1.64. The number of primary amides is 1. The average Bonchev–Trinajstić information content (AvgIpc) is 3.07. The molecular weight excluding hydrogens is 360 g/mol. The van der Waals surface area contributed by atoms with Gasteiger partial charge < -0.3 is 21.3 Å². The van der Waals surface area contributed by atoms with E-state index in [0.29, 0.717) is 17.2 Å². The van der Waals surface area contributed by atoms with Crippen LogP contribution in [-0.2, 0) is 11.8 Å². The molecule has 2 aromatic heterocycles. The van der Waals surface area contributed by atoms with Crippen molar-refractivity contribution >= 4 is 40.6 Å². The summed E-state index contributed by atoms with van der Waals surface area (Å²) in [7, 11) is 3.55. The molecule has 10 nitrogen and oxygen atoms in total. The van der Waals surface area contributed by atoms with Gasteiger partial charge >= 0.3 is 0 Å². The third kappa shape index (κ3) is 4.23. The van der Waals surface area contributed by atoms with E-state index in [1.54, 1.807) is 60.3 Å². The van der Waals surface area contributed by atoms with Gasteiger partial charge in [0, 0.05) is 44.8 Å². The molecule has 0 atom stereocenters. The summed E-state index contributed by atoms with van der Waals surface area (Å²) in [4.78, 5) is 33.4. The molecule has 0 unspecified atom stereocenters. The van der Waals surface area contributed by atoms with E-state index < -0.39 is 5.91 Å². The molecule has 1 aromatic carbocycles. The fraction of sp³-hybridized carbons (Fsp3) is 0.167. The highest BCUT2D eigenvalue weighted by Crippen LogP contribution is 2.26. The van der Waals surface area contributed by atoms with Crippen molar-refractivity contribution in [2.24, 2.45) is 12.8 Å². The summed E-state index contributed by atoms with van der Waals surface area (Å²) in [6, 6.07) is 7.11. The lowest BCUT2D eigenvalue weighted by atomic mass is 10.2. The SMILES string of the molecule is CC(=O)Nc1cccc(Nc2ncc(C(N)=O)c(N(C)c3cnn(C)c3)n2)c1. The molecule has 2 heterocycles. The van der Waals surface area contributed by atoms with Crippen LogP contribution in [0.1, 0.15) is 17.3 Å². The number of nitrogens with one attached hydrogen (secondary N) is 2. The van der Waals surface area contributed by atoms with Crippen LogP contribution in [0.4, 0.5) is 28.8 Å². The number of carbonyl (C=O) groups excluding carboxylic acids is 2. The molecule has 0 saturated carbocycles. The number of hydrogen-bond acceptors (Lipinski definition) is 7. The Morgan fingerprint density at radius 1 is 1.21 bits per heavy atom. The second kappa shape index (κ2) is 7.74. The summed E-state index contributed by atoms with van der Waals surface area (Å²) in [5.41, 5.74) is 7.71. The van der Waals surface area contributed by atoms with E-state index in [-0.39, 0.29) is 17.4 Å². The van der Waals surface area contributed by atoms with Crippen LogP contribution in [0.2, 0.25) is 0 Å². The molecule has 4 N–H and O–H groups in total. The Bertz CT molecular complexity index is 1030. The third-order valence-corrected chi connectivity index (χ3v) is 3.87. The molecule has 0 aliphatic carbocycles. The normalized spacial score (nSPS) is 10.4. The zero-order valence-electron chi connectivity index (χ0n) is 15.7. The summed E-state index contributed by atoms with van der Waals surface area (Å²) in [6.45, 7) is 1.44. The van der Waals surface area contributed by atoms with Gasteiger partial charge in [-0.1, -0.05) is 6.07 Å². The molecule has 0 spiro atoms. The molecule has 144 valence electrons. The fourth-order valence-electron chi connectivity index (χ4n) is 2.57. The molecule has 0 saturated heterocycles. The number of rotatable bonds is 6. The van der Waals surface area contributed by atoms with Gasteiger partial charge in [-0.05, 0) is 18.2 Å². The maximum absolute atomic E-state index is 11.8. The van der Waals surface area contributed by atoms with E-state index in [2.05, 4.69) is 25.7 Å². The minimum Gasteiger partial charge on any atom is -0.365 e. The van der Waals surface area contributed by atoms with Crippen molar-refractivity contribution in [2.75, 3.05) is 22.6 Å². The smallest absolute Gasteiger partial charge is 0.254 e. The van der Waals surface area contributed by atoms with E-state index in [1.165, 1.54) is 13.1 Å². The van der Waals surface area contributed by atoms with Crippen LogP contribution < -0.4 is 21.3 Å². The molecule has 10 heteroatoms. The van der Waals surface area contributed by atoms with E-state index >= 15 is 0 Å². The van der Waals surface area contributed by atoms with Gasteiger partial charge in [0.25, 0.3) is 5.91 Å². The van der Waals surface area contributed by atoms with Crippen LogP contribution in [0.25, 0.3) is 0 Å². The topological polar surface area (TPSA) is 131 Å². The molecule has 0 fully saturated rings. The second-order valence-electron chi connectivity index (χ2n) is 6.11. The summed E-state index contributed by atoms with van der Waals surface area (Å²) >= 11 is 0. The standard InChI is InChI=1S/C18H20N8O2/c1-11(27)22-12-5-4-6-13(7-12)23-18-20-9-15(16(19)28)17(24-18)26(3)14-8-21-25(2)10-14/h4-10H,1-3H3,(H2,19,28)(H,22,27)(H,20,23,24). The maximum Gasteiger partial charge on any atom is 0.254 e. The molecule has 2 amide bonds. The number of aromatic nitrogens is 4. The van der Waals surface area contributed by atoms with Crippen LogP contribution in [0.5, 0.6) is 0 Å². The minimum atomic E-state index is -0.634. The van der Waals surface area contributed by atoms with Crippen molar-refractivity contribution in [1.82, 2.24) is 19.7 Å². The Morgan fingerprint density at radius 3 is 2.61 bits per heavy atom. The Labute approximate surface area is 161 Å². The quantitative estimate of drug-likeness (QED) is 0.594. The minimum absolute atomic E-state index is 0.167. The number of nitrogens with two attached hydrogens (primary N) is 1. The van der Waals surface area contributed by atoms with Crippen LogP contribution >= 0.6 is 0 Å². The first kappa shape index (κ1) is 18.8. The van der Waals surface area contributed by atoms with Crippen molar-refractivity contribution in [3.63, 3.8) is 0 Å². The number of carbonyl (C=O) groups is 2. The van der Waals surface area contributed by atoms with Crippen molar-refractivity contribution in [3.8, 4) is 0 Å². The zero-order valence-corrected chi connectivity index (χ0v) is 15.7. The summed E-state index contributed by atoms with van der Waals surface area (Å²) in [6.07, 6.45) is 4.81. The van der Waals surface area contributed by atoms with Crippen molar-refractivity contribution in [2.45, 2.75) is 6.92 Å². The van der Waals surface area contributed by atoms with Gasteiger partial charge in [-0.25, -0.2) is 4.98 Å². The summed E-state index contributed by atoms with van der Waals surface area (Å²) in [5.74, 6) is -0.184. The molecule has 3 rings (SSSR count). The second-order valence-corrected chi connectivity index (χ2v) is 6.11. The van der Waals surface area contributed by atoms with Crippen LogP contribution in [0.15, 0.2) is 42.9 Å². The number of benzene rings is 1. The lowest BCUT2D eigenvalue weighted by Gasteiger charge is -2.19. The van der Waals surface area contributed by atoms with Gasteiger partial charge in [0.1, 0.15) is 5.56 Å². The Morgan fingerprint density at radius 2 is 1.96 bits per heavy atom. The molecule has 0 aliphatic heterocycles. The Hall–Kier alpha value is -3.95. The van der Waals surface area contributed by atoms with Crippen molar-refractivity contribution in [1.29, 1.82) is 0 Å². The molecule has 3 aromatic rings. The largest absolute Gasteiger partial charge is 0.365 e. The first-order valence-electron chi connectivity index (χ1n) is 8.37. The van der Waals surface area contributed by atoms with Crippen LogP contribution in [-0.4, -0.2) is 38.6 Å². The monoisotopic (exact) mass is 380 g/mol. The fourth-order valence-corrected chi connectivity index (χ4v) is 2.57. The number of hydrogen-bond donors (Lipinski definition) is 3. The Kier molecular flexibility index (Phi) is 5.21. The van der Waals surface area contributed by atoms with E-state index in [1.807, 2.05) is 0 Å². The van der Waals surface area contributed by atoms with E-state index in [4.69, 9.17) is 5.73 Å². The first-order valence-corrected chi connectivity index (χ1v) is 8.37. The van der Waals surface area contributed by atoms with Gasteiger partial charge in [0.15, 0.2) is 5.82 Å². The molecular formula is C18H20N8O2. The number of anilines is 5. The average molecular weight is 380 g/mol. The number of aryl methyl sites for hydroxylation is 1. The lowest BCUT2D eigenvalue weighted by Crippen LogP contribution is -2.20. The maximum atomic E-state index is 11.8. The molecule has 0 bridgehead atoms. The highest BCUT2D eigenvalue weighted by molar-refractivity contribution is 5.98. The highest BCUT2D eigenvalue weighted by Gasteiger charge is 2.18. The van der Waals surface area contributed by atoms with Crippen molar-refractivity contribution < 1.29 is 9.59 Å². The first-order chi connectivity index (χ1) is 13.3. The van der Waals surface area contributed by atoms with Gasteiger partial charge in [-0.3, -0.25) is 14.3 Å².